The van der Waals surface area contributed by atoms with Gasteiger partial charge in [0.2, 0.25) is 0 Å². The summed E-state index contributed by atoms with van der Waals surface area (Å²) < 4.78 is 10.7. The number of hydrogen-bond donors (Lipinski definition) is 2. The average molecular weight is 282 g/mol. The number of methoxy groups -OCH3 is 1. The number of nitro groups is 1. The van der Waals surface area contributed by atoms with Crippen LogP contribution in [0.2, 0.25) is 0 Å². The Morgan fingerprint density at radius 1 is 1.40 bits per heavy atom. The van der Waals surface area contributed by atoms with E-state index in [1.54, 1.807) is 0 Å². The van der Waals surface area contributed by atoms with Crippen molar-refractivity contribution in [3.05, 3.63) is 28.3 Å². The van der Waals surface area contributed by atoms with Gasteiger partial charge in [-0.05, 0) is 32.0 Å². The Morgan fingerprint density at radius 3 is 2.70 bits per heavy atom. The van der Waals surface area contributed by atoms with Crippen LogP contribution in [0, 0.1) is 10.1 Å². The minimum absolute atomic E-state index is 0.0604. The van der Waals surface area contributed by atoms with Crippen molar-refractivity contribution in [1.29, 1.82) is 0 Å². The molecule has 110 valence electrons. The van der Waals surface area contributed by atoms with Crippen molar-refractivity contribution in [2.45, 2.75) is 18.4 Å². The largest absolute Gasteiger partial charge is 0.493 e. The summed E-state index contributed by atoms with van der Waals surface area (Å²) in [6.07, 6.45) is 1.23. The van der Waals surface area contributed by atoms with Crippen molar-refractivity contribution in [3.8, 4) is 11.5 Å². The number of hydrogen-bond acceptors (Lipinski definition) is 6. The molecular weight excluding hydrogens is 264 g/mol. The highest BCUT2D eigenvalue weighted by molar-refractivity contribution is 5.48. The number of benzene rings is 1. The molecule has 0 aliphatic carbocycles. The van der Waals surface area contributed by atoms with Gasteiger partial charge in [-0.25, -0.2) is 0 Å². The highest BCUT2D eigenvalue weighted by Gasteiger charge is 2.30. The molecule has 1 aliphatic heterocycles. The molecule has 0 bridgehead atoms. The number of rotatable bonds is 5. The number of piperidine rings is 1. The van der Waals surface area contributed by atoms with E-state index < -0.39 is 10.5 Å². The Hall–Kier alpha value is -1.86. The zero-order valence-corrected chi connectivity index (χ0v) is 11.3. The molecule has 2 rings (SSSR count). The van der Waals surface area contributed by atoms with E-state index >= 15 is 0 Å². The second-order valence-electron chi connectivity index (χ2n) is 4.86. The van der Waals surface area contributed by atoms with Gasteiger partial charge in [-0.1, -0.05) is 0 Å². The van der Waals surface area contributed by atoms with E-state index in [4.69, 9.17) is 9.47 Å². The van der Waals surface area contributed by atoms with Crippen molar-refractivity contribution in [1.82, 2.24) is 5.32 Å². The number of non-ortho nitro benzene ring substituents is 1. The first-order chi connectivity index (χ1) is 9.54. The van der Waals surface area contributed by atoms with Crippen LogP contribution in [-0.2, 0) is 0 Å². The number of aliphatic hydroxyl groups is 1. The second-order valence-corrected chi connectivity index (χ2v) is 4.86. The van der Waals surface area contributed by atoms with Crippen LogP contribution in [-0.4, -0.2) is 42.4 Å². The van der Waals surface area contributed by atoms with Crippen LogP contribution in [0.1, 0.15) is 12.8 Å². The van der Waals surface area contributed by atoms with E-state index in [-0.39, 0.29) is 18.0 Å². The molecule has 0 saturated carbocycles. The standard InChI is InChI=1S/C13H18N2O5/c1-19-12-8-10(15(17)18)2-3-11(12)20-9-13(16)4-6-14-7-5-13/h2-3,8,14,16H,4-7,9H2,1H3. The summed E-state index contributed by atoms with van der Waals surface area (Å²) in [6.45, 7) is 1.64. The maximum atomic E-state index is 10.7. The predicted octanol–water partition coefficient (Wildman–Crippen LogP) is 1.10. The van der Waals surface area contributed by atoms with E-state index in [9.17, 15) is 15.2 Å². The Bertz CT molecular complexity index is 486. The molecule has 0 radical (unpaired) electrons. The Morgan fingerprint density at radius 2 is 2.10 bits per heavy atom. The molecule has 0 atom stereocenters. The maximum absolute atomic E-state index is 10.7. The Labute approximate surface area is 116 Å². The number of ether oxygens (including phenoxy) is 2. The first-order valence-corrected chi connectivity index (χ1v) is 6.42. The van der Waals surface area contributed by atoms with Gasteiger partial charge in [0.1, 0.15) is 12.2 Å². The summed E-state index contributed by atoms with van der Waals surface area (Å²) in [5, 5.41) is 24.2. The lowest BCUT2D eigenvalue weighted by atomic mass is 9.93. The molecule has 7 heteroatoms. The molecule has 1 heterocycles. The molecule has 2 N–H and O–H groups in total. The van der Waals surface area contributed by atoms with Crippen LogP contribution in [0.25, 0.3) is 0 Å². The smallest absolute Gasteiger partial charge is 0.273 e. The molecule has 1 aromatic rings. The summed E-state index contributed by atoms with van der Waals surface area (Å²) in [6, 6.07) is 4.15. The Balaban J connectivity index is 2.07. The zero-order valence-electron chi connectivity index (χ0n) is 11.3. The lowest BCUT2D eigenvalue weighted by molar-refractivity contribution is -0.385. The van der Waals surface area contributed by atoms with Crippen molar-refractivity contribution < 1.29 is 19.5 Å². The van der Waals surface area contributed by atoms with Gasteiger partial charge < -0.3 is 19.9 Å². The Kier molecular flexibility index (Phi) is 4.41. The normalized spacial score (nSPS) is 17.5. The fraction of sp³-hybridized carbons (Fsp3) is 0.538. The van der Waals surface area contributed by atoms with Gasteiger partial charge in [0.25, 0.3) is 5.69 Å². The average Bonchev–Trinajstić information content (AvgIpc) is 2.45. The zero-order chi connectivity index (χ0) is 14.6. The van der Waals surface area contributed by atoms with Crippen LogP contribution in [0.3, 0.4) is 0 Å². The van der Waals surface area contributed by atoms with E-state index in [2.05, 4.69) is 5.32 Å². The molecule has 7 nitrogen and oxygen atoms in total. The fourth-order valence-corrected chi connectivity index (χ4v) is 2.14. The third-order valence-electron chi connectivity index (χ3n) is 3.39. The molecule has 1 aromatic carbocycles. The van der Waals surface area contributed by atoms with Gasteiger partial charge in [0.15, 0.2) is 11.5 Å². The van der Waals surface area contributed by atoms with Crippen LogP contribution >= 0.6 is 0 Å². The van der Waals surface area contributed by atoms with Crippen molar-refractivity contribution >= 4 is 5.69 Å². The van der Waals surface area contributed by atoms with Crippen LogP contribution in [0.15, 0.2) is 18.2 Å². The van der Waals surface area contributed by atoms with Crippen LogP contribution < -0.4 is 14.8 Å². The van der Waals surface area contributed by atoms with Crippen LogP contribution in [0.4, 0.5) is 5.69 Å². The summed E-state index contributed by atoms with van der Waals surface area (Å²) in [4.78, 5) is 10.2. The number of nitro benzene ring substituents is 1. The van der Waals surface area contributed by atoms with Crippen molar-refractivity contribution in [2.24, 2.45) is 0 Å². The molecule has 0 aromatic heterocycles. The third-order valence-corrected chi connectivity index (χ3v) is 3.39. The fourth-order valence-electron chi connectivity index (χ4n) is 2.14. The second kappa shape index (κ2) is 6.06. The lowest BCUT2D eigenvalue weighted by Gasteiger charge is -2.32. The highest BCUT2D eigenvalue weighted by atomic mass is 16.6. The van der Waals surface area contributed by atoms with Crippen LogP contribution in [0.5, 0.6) is 11.5 Å². The van der Waals surface area contributed by atoms with Gasteiger partial charge in [0.05, 0.1) is 18.1 Å². The van der Waals surface area contributed by atoms with E-state index in [0.29, 0.717) is 18.6 Å². The van der Waals surface area contributed by atoms with Gasteiger partial charge in [-0.15, -0.1) is 0 Å². The first kappa shape index (κ1) is 14.5. The number of nitrogens with zero attached hydrogens (tertiary/aromatic N) is 1. The summed E-state index contributed by atoms with van der Waals surface area (Å²) in [5.74, 6) is 0.682. The quantitative estimate of drug-likeness (QED) is 0.620. The van der Waals surface area contributed by atoms with Gasteiger partial charge in [-0.2, -0.15) is 0 Å². The first-order valence-electron chi connectivity index (χ1n) is 6.42. The third kappa shape index (κ3) is 3.37. The van der Waals surface area contributed by atoms with E-state index in [1.807, 2.05) is 0 Å². The van der Waals surface area contributed by atoms with Gasteiger partial charge in [-0.3, -0.25) is 10.1 Å². The summed E-state index contributed by atoms with van der Waals surface area (Å²) >= 11 is 0. The minimum atomic E-state index is -0.863. The predicted molar refractivity (Wildman–Crippen MR) is 72.2 cm³/mol. The van der Waals surface area contributed by atoms with E-state index in [0.717, 1.165) is 13.1 Å². The number of nitrogens with one attached hydrogen (secondary N) is 1. The molecule has 0 unspecified atom stereocenters. The molecular formula is C13H18N2O5. The monoisotopic (exact) mass is 282 g/mol. The minimum Gasteiger partial charge on any atom is -0.493 e. The summed E-state index contributed by atoms with van der Waals surface area (Å²) in [5.41, 5.74) is -0.923. The van der Waals surface area contributed by atoms with E-state index in [1.165, 1.54) is 25.3 Å². The molecule has 0 spiro atoms. The lowest BCUT2D eigenvalue weighted by Crippen LogP contribution is -2.46. The van der Waals surface area contributed by atoms with Gasteiger partial charge in [0, 0.05) is 6.07 Å². The SMILES string of the molecule is COc1cc([N+](=O)[O-])ccc1OCC1(O)CCNCC1. The topological polar surface area (TPSA) is 93.9 Å². The molecule has 0 amide bonds. The molecule has 1 saturated heterocycles. The molecule has 1 fully saturated rings. The maximum Gasteiger partial charge on any atom is 0.273 e. The molecule has 20 heavy (non-hydrogen) atoms. The molecule has 1 aliphatic rings. The highest BCUT2D eigenvalue weighted by Crippen LogP contribution is 2.32. The van der Waals surface area contributed by atoms with Crippen molar-refractivity contribution in [3.63, 3.8) is 0 Å². The summed E-state index contributed by atoms with van der Waals surface area (Å²) in [7, 11) is 1.42. The van der Waals surface area contributed by atoms with Gasteiger partial charge >= 0.3 is 0 Å². The van der Waals surface area contributed by atoms with Crippen molar-refractivity contribution in [2.75, 3.05) is 26.8 Å².